The first-order chi connectivity index (χ1) is 8.36. The maximum atomic E-state index is 12.2. The fourth-order valence-electron chi connectivity index (χ4n) is 6.75. The molecule has 0 aromatic heterocycles. The van der Waals surface area contributed by atoms with Crippen molar-refractivity contribution in [3.05, 3.63) is 0 Å². The number of carbonyl (C=O) groups excluding carboxylic acids is 1. The number of hydrogen-bond donors (Lipinski definition) is 1. The Hall–Kier alpha value is -0.530. The summed E-state index contributed by atoms with van der Waals surface area (Å²) in [6, 6.07) is 0. The summed E-state index contributed by atoms with van der Waals surface area (Å²) in [5, 5.41) is 3.22. The van der Waals surface area contributed by atoms with Gasteiger partial charge in [-0.15, -0.1) is 0 Å². The van der Waals surface area contributed by atoms with Crippen LogP contribution < -0.4 is 5.32 Å². The molecule has 7 rings (SSSR count). The topological polar surface area (TPSA) is 29.1 Å². The van der Waals surface area contributed by atoms with Gasteiger partial charge in [-0.25, -0.2) is 0 Å². The Kier molecular flexibility index (Phi) is 1.16. The van der Waals surface area contributed by atoms with Crippen molar-refractivity contribution in [3.8, 4) is 0 Å². The molecule has 6 atom stereocenters. The van der Waals surface area contributed by atoms with Gasteiger partial charge in [0.2, 0.25) is 5.91 Å². The molecule has 1 N–H and O–H groups in total. The molecule has 2 nitrogen and oxygen atoms in total. The minimum absolute atomic E-state index is 0.431. The molecule has 0 aromatic rings. The molecule has 7 aliphatic rings. The van der Waals surface area contributed by atoms with E-state index in [9.17, 15) is 4.79 Å². The van der Waals surface area contributed by atoms with Crippen LogP contribution in [0.1, 0.15) is 19.3 Å². The molecule has 6 bridgehead atoms. The van der Waals surface area contributed by atoms with Crippen LogP contribution in [0.15, 0.2) is 0 Å². The highest BCUT2D eigenvalue weighted by Gasteiger charge is 2.87. The van der Waals surface area contributed by atoms with Crippen LogP contribution in [0.3, 0.4) is 0 Å². The molecule has 1 amide bonds. The number of hydrogen-bond acceptors (Lipinski definition) is 1. The lowest BCUT2D eigenvalue weighted by Crippen LogP contribution is -2.30. The van der Waals surface area contributed by atoms with E-state index in [1.807, 2.05) is 0 Å². The van der Waals surface area contributed by atoms with E-state index >= 15 is 0 Å². The van der Waals surface area contributed by atoms with Crippen LogP contribution in [-0.2, 0) is 4.79 Å². The van der Waals surface area contributed by atoms with Crippen molar-refractivity contribution in [2.75, 3.05) is 6.54 Å². The third-order valence-corrected chi connectivity index (χ3v) is 7.30. The SMILES string of the molecule is O=C(NCC1CC1)C1C2C3C4CC5C3C5C4C12. The second-order valence-electron chi connectivity index (χ2n) is 7.74. The first kappa shape index (κ1) is 8.55. The summed E-state index contributed by atoms with van der Waals surface area (Å²) < 4.78 is 0. The van der Waals surface area contributed by atoms with Gasteiger partial charge >= 0.3 is 0 Å². The Morgan fingerprint density at radius 3 is 2.06 bits per heavy atom. The minimum Gasteiger partial charge on any atom is -0.356 e. The predicted molar refractivity (Wildman–Crippen MR) is 61.8 cm³/mol. The third-order valence-electron chi connectivity index (χ3n) is 7.30. The van der Waals surface area contributed by atoms with Crippen LogP contribution in [0.5, 0.6) is 0 Å². The standard InChI is InChI=1S/C15H19NO/c17-15(16-4-5-1-2-5)14-12-10-7-3-6-8(10)9(6)11(7)13(12)14/h5-14H,1-4H2,(H,16,17). The molecule has 0 aromatic carbocycles. The number of fused-ring (bicyclic) bond motifs is 1. The van der Waals surface area contributed by atoms with E-state index in [1.165, 1.54) is 12.8 Å². The summed E-state index contributed by atoms with van der Waals surface area (Å²) in [7, 11) is 0. The van der Waals surface area contributed by atoms with Gasteiger partial charge in [0.05, 0.1) is 0 Å². The van der Waals surface area contributed by atoms with Gasteiger partial charge in [0, 0.05) is 12.5 Å². The predicted octanol–water partition coefficient (Wildman–Crippen LogP) is 1.52. The maximum absolute atomic E-state index is 12.2. The van der Waals surface area contributed by atoms with Gasteiger partial charge in [0.15, 0.2) is 0 Å². The smallest absolute Gasteiger partial charge is 0.223 e. The fourth-order valence-corrected chi connectivity index (χ4v) is 6.75. The van der Waals surface area contributed by atoms with Gasteiger partial charge in [-0.05, 0) is 72.5 Å². The Balaban J connectivity index is 1.22. The van der Waals surface area contributed by atoms with E-state index in [0.717, 1.165) is 59.8 Å². The van der Waals surface area contributed by atoms with Gasteiger partial charge in [-0.2, -0.15) is 0 Å². The Morgan fingerprint density at radius 2 is 1.53 bits per heavy atom. The van der Waals surface area contributed by atoms with Crippen LogP contribution in [0.25, 0.3) is 0 Å². The highest BCUT2D eigenvalue weighted by atomic mass is 16.2. The van der Waals surface area contributed by atoms with E-state index in [-0.39, 0.29) is 0 Å². The van der Waals surface area contributed by atoms with E-state index in [4.69, 9.17) is 0 Å². The molecule has 7 aliphatic carbocycles. The highest BCUT2D eigenvalue weighted by Crippen LogP contribution is 2.89. The van der Waals surface area contributed by atoms with Gasteiger partial charge < -0.3 is 5.32 Å². The molecule has 6 unspecified atom stereocenters. The summed E-state index contributed by atoms with van der Waals surface area (Å²) in [6.45, 7) is 0.975. The molecule has 0 heterocycles. The third kappa shape index (κ3) is 0.794. The van der Waals surface area contributed by atoms with Crippen molar-refractivity contribution in [3.63, 3.8) is 0 Å². The summed E-state index contributed by atoms with van der Waals surface area (Å²) in [5.41, 5.74) is 0. The summed E-state index contributed by atoms with van der Waals surface area (Å²) in [5.74, 6) is 9.86. The second kappa shape index (κ2) is 2.31. The number of amides is 1. The number of nitrogens with one attached hydrogen (secondary N) is 1. The Labute approximate surface area is 102 Å². The van der Waals surface area contributed by atoms with Crippen LogP contribution in [0.4, 0.5) is 0 Å². The largest absolute Gasteiger partial charge is 0.356 e. The molecule has 0 spiro atoms. The van der Waals surface area contributed by atoms with Crippen molar-refractivity contribution < 1.29 is 4.79 Å². The summed E-state index contributed by atoms with van der Waals surface area (Å²) in [6.07, 6.45) is 4.24. The highest BCUT2D eigenvalue weighted by molar-refractivity contribution is 5.83. The van der Waals surface area contributed by atoms with Crippen molar-refractivity contribution in [1.29, 1.82) is 0 Å². The normalized spacial score (nSPS) is 66.9. The fraction of sp³-hybridized carbons (Fsp3) is 0.933. The van der Waals surface area contributed by atoms with Gasteiger partial charge in [0.1, 0.15) is 0 Å². The molecular weight excluding hydrogens is 210 g/mol. The maximum Gasteiger partial charge on any atom is 0.223 e. The number of rotatable bonds is 3. The van der Waals surface area contributed by atoms with E-state index in [2.05, 4.69) is 5.32 Å². The van der Waals surface area contributed by atoms with E-state index < -0.39 is 0 Å². The molecule has 2 heteroatoms. The molecule has 0 saturated heterocycles. The lowest BCUT2D eigenvalue weighted by Gasteiger charge is -2.16. The molecular formula is C15H19NO. The summed E-state index contributed by atoms with van der Waals surface area (Å²) >= 11 is 0. The monoisotopic (exact) mass is 229 g/mol. The molecule has 0 radical (unpaired) electrons. The minimum atomic E-state index is 0.431. The average Bonchev–Trinajstić information content (AvgIpc) is 3.28. The van der Waals surface area contributed by atoms with Crippen molar-refractivity contribution >= 4 is 5.91 Å². The van der Waals surface area contributed by atoms with Gasteiger partial charge in [0.25, 0.3) is 0 Å². The van der Waals surface area contributed by atoms with Crippen LogP contribution in [0, 0.1) is 59.2 Å². The van der Waals surface area contributed by atoms with Gasteiger partial charge in [-0.3, -0.25) is 4.79 Å². The molecule has 17 heavy (non-hydrogen) atoms. The first-order valence-electron chi connectivity index (χ1n) is 7.64. The molecule has 90 valence electrons. The average molecular weight is 229 g/mol. The lowest BCUT2D eigenvalue weighted by atomic mass is 9.91. The Bertz CT molecular complexity index is 418. The summed E-state index contributed by atoms with van der Waals surface area (Å²) in [4.78, 5) is 12.2. The van der Waals surface area contributed by atoms with Crippen LogP contribution in [-0.4, -0.2) is 12.5 Å². The first-order valence-corrected chi connectivity index (χ1v) is 7.64. The van der Waals surface area contributed by atoms with Gasteiger partial charge in [-0.1, -0.05) is 0 Å². The molecule has 7 saturated carbocycles. The zero-order valence-corrected chi connectivity index (χ0v) is 10.0. The Morgan fingerprint density at radius 1 is 0.941 bits per heavy atom. The second-order valence-corrected chi connectivity index (χ2v) is 7.74. The van der Waals surface area contributed by atoms with E-state index in [1.54, 1.807) is 6.42 Å². The molecule has 0 aliphatic heterocycles. The van der Waals surface area contributed by atoms with Crippen LogP contribution in [0.2, 0.25) is 0 Å². The quantitative estimate of drug-likeness (QED) is 0.781. The lowest BCUT2D eigenvalue weighted by molar-refractivity contribution is -0.123. The van der Waals surface area contributed by atoms with Crippen LogP contribution >= 0.6 is 0 Å². The zero-order chi connectivity index (χ0) is 10.9. The number of carbonyl (C=O) groups is 1. The van der Waals surface area contributed by atoms with Crippen molar-refractivity contribution in [2.45, 2.75) is 19.3 Å². The van der Waals surface area contributed by atoms with Crippen molar-refractivity contribution in [1.82, 2.24) is 5.32 Å². The van der Waals surface area contributed by atoms with Crippen molar-refractivity contribution in [2.24, 2.45) is 59.2 Å². The zero-order valence-electron chi connectivity index (χ0n) is 10.0. The molecule has 7 fully saturated rings. The van der Waals surface area contributed by atoms with E-state index in [0.29, 0.717) is 11.8 Å².